The SMILES string of the molecule is O=c1c(C(F)(F)F)cccn1Cc1nc2ccccc2s1. The van der Waals surface area contributed by atoms with E-state index in [1.165, 1.54) is 23.6 Å². The van der Waals surface area contributed by atoms with E-state index in [0.29, 0.717) is 5.01 Å². The van der Waals surface area contributed by atoms with E-state index in [-0.39, 0.29) is 6.54 Å². The van der Waals surface area contributed by atoms with Gasteiger partial charge < -0.3 is 4.57 Å². The second-order valence-electron chi connectivity index (χ2n) is 4.43. The zero-order valence-electron chi connectivity index (χ0n) is 10.6. The topological polar surface area (TPSA) is 34.9 Å². The van der Waals surface area contributed by atoms with Gasteiger partial charge in [-0.1, -0.05) is 12.1 Å². The predicted octanol–water partition coefficient (Wildman–Crippen LogP) is 3.53. The molecular weight excluding hydrogens is 301 g/mol. The van der Waals surface area contributed by atoms with Crippen molar-refractivity contribution in [3.63, 3.8) is 0 Å². The molecule has 0 saturated heterocycles. The number of fused-ring (bicyclic) bond motifs is 1. The van der Waals surface area contributed by atoms with Crippen LogP contribution in [-0.2, 0) is 12.7 Å². The van der Waals surface area contributed by atoms with E-state index < -0.39 is 17.3 Å². The second kappa shape index (κ2) is 5.00. The molecule has 1 aromatic carbocycles. The van der Waals surface area contributed by atoms with Crippen LogP contribution in [-0.4, -0.2) is 9.55 Å². The molecule has 3 rings (SSSR count). The fourth-order valence-corrected chi connectivity index (χ4v) is 2.98. The van der Waals surface area contributed by atoms with Crippen molar-refractivity contribution in [2.24, 2.45) is 0 Å². The number of nitrogens with zero attached hydrogens (tertiary/aromatic N) is 2. The molecule has 2 heterocycles. The number of hydrogen-bond acceptors (Lipinski definition) is 3. The summed E-state index contributed by atoms with van der Waals surface area (Å²) in [6, 6.07) is 9.41. The quantitative estimate of drug-likeness (QED) is 0.726. The van der Waals surface area contributed by atoms with Crippen molar-refractivity contribution in [2.75, 3.05) is 0 Å². The molecule has 0 amide bonds. The van der Waals surface area contributed by atoms with Crippen LogP contribution in [0.3, 0.4) is 0 Å². The van der Waals surface area contributed by atoms with E-state index in [2.05, 4.69) is 4.98 Å². The Labute approximate surface area is 121 Å². The molecule has 3 nitrogen and oxygen atoms in total. The van der Waals surface area contributed by atoms with Crippen molar-refractivity contribution < 1.29 is 13.2 Å². The summed E-state index contributed by atoms with van der Waals surface area (Å²) in [5, 5.41) is 0.595. The number of rotatable bonds is 2. The summed E-state index contributed by atoms with van der Waals surface area (Å²) in [6.07, 6.45) is -3.31. The molecule has 0 spiro atoms. The third-order valence-electron chi connectivity index (χ3n) is 2.97. The molecule has 0 fully saturated rings. The molecule has 0 atom stereocenters. The van der Waals surface area contributed by atoms with Gasteiger partial charge in [0.2, 0.25) is 0 Å². The Morgan fingerprint density at radius 1 is 1.14 bits per heavy atom. The molecule has 0 aliphatic heterocycles. The zero-order chi connectivity index (χ0) is 15.0. The average Bonchev–Trinajstić information content (AvgIpc) is 2.82. The average molecular weight is 310 g/mol. The standard InChI is InChI=1S/C14H9F3N2OS/c15-14(16,17)9-4-3-7-19(13(9)20)8-12-18-10-5-1-2-6-11(10)21-12/h1-7H,8H2. The summed E-state index contributed by atoms with van der Waals surface area (Å²) in [5.74, 6) is 0. The zero-order valence-corrected chi connectivity index (χ0v) is 11.4. The van der Waals surface area contributed by atoms with Crippen molar-refractivity contribution in [2.45, 2.75) is 12.7 Å². The van der Waals surface area contributed by atoms with E-state index in [9.17, 15) is 18.0 Å². The smallest absolute Gasteiger partial charge is 0.308 e. The Bertz CT molecular complexity index is 818. The van der Waals surface area contributed by atoms with E-state index >= 15 is 0 Å². The van der Waals surface area contributed by atoms with Crippen LogP contribution in [0.15, 0.2) is 47.4 Å². The number of halogens is 3. The minimum absolute atomic E-state index is 0.0299. The third kappa shape index (κ3) is 2.69. The van der Waals surface area contributed by atoms with Gasteiger partial charge in [0.25, 0.3) is 5.56 Å². The molecule has 3 aromatic rings. The van der Waals surface area contributed by atoms with Crippen LogP contribution in [0, 0.1) is 0 Å². The van der Waals surface area contributed by atoms with Gasteiger partial charge in [0.1, 0.15) is 10.6 Å². The highest BCUT2D eigenvalue weighted by Crippen LogP contribution is 2.26. The Hall–Kier alpha value is -2.15. The molecule has 0 aliphatic rings. The molecule has 0 aliphatic carbocycles. The summed E-state index contributed by atoms with van der Waals surface area (Å²) in [6.45, 7) is 0.0299. The monoisotopic (exact) mass is 310 g/mol. The van der Waals surface area contributed by atoms with Gasteiger partial charge in [-0.2, -0.15) is 13.2 Å². The van der Waals surface area contributed by atoms with Crippen molar-refractivity contribution in [1.29, 1.82) is 0 Å². The van der Waals surface area contributed by atoms with Crippen molar-refractivity contribution in [3.05, 3.63) is 63.5 Å². The summed E-state index contributed by atoms with van der Waals surface area (Å²) in [7, 11) is 0. The van der Waals surface area contributed by atoms with Crippen molar-refractivity contribution in [1.82, 2.24) is 9.55 Å². The number of aromatic nitrogens is 2. The Balaban J connectivity index is 2.00. The number of thiazole rings is 1. The van der Waals surface area contributed by atoms with Crippen LogP contribution in [0.25, 0.3) is 10.2 Å². The predicted molar refractivity (Wildman–Crippen MR) is 74.4 cm³/mol. The molecule has 108 valence electrons. The number of hydrogen-bond donors (Lipinski definition) is 0. The van der Waals surface area contributed by atoms with Gasteiger partial charge in [-0.15, -0.1) is 11.3 Å². The lowest BCUT2D eigenvalue weighted by atomic mass is 10.2. The number of pyridine rings is 1. The van der Waals surface area contributed by atoms with E-state index in [0.717, 1.165) is 20.9 Å². The van der Waals surface area contributed by atoms with Gasteiger partial charge in [0.15, 0.2) is 0 Å². The van der Waals surface area contributed by atoms with E-state index in [1.807, 2.05) is 24.3 Å². The maximum absolute atomic E-state index is 12.7. The van der Waals surface area contributed by atoms with E-state index in [1.54, 1.807) is 0 Å². The first kappa shape index (κ1) is 13.8. The van der Waals surface area contributed by atoms with Crippen molar-refractivity contribution in [3.8, 4) is 0 Å². The van der Waals surface area contributed by atoms with Gasteiger partial charge in [-0.25, -0.2) is 4.98 Å². The highest BCUT2D eigenvalue weighted by Gasteiger charge is 2.34. The fourth-order valence-electron chi connectivity index (χ4n) is 2.01. The normalized spacial score (nSPS) is 12.0. The summed E-state index contributed by atoms with van der Waals surface area (Å²) in [5.41, 5.74) is -1.44. The fraction of sp³-hybridized carbons (Fsp3) is 0.143. The van der Waals surface area contributed by atoms with Crippen LogP contribution in [0.4, 0.5) is 13.2 Å². The van der Waals surface area contributed by atoms with Crippen LogP contribution < -0.4 is 5.56 Å². The first-order valence-electron chi connectivity index (χ1n) is 6.06. The minimum atomic E-state index is -4.65. The van der Waals surface area contributed by atoms with Crippen LogP contribution in [0.5, 0.6) is 0 Å². The Kier molecular flexibility index (Phi) is 3.29. The van der Waals surface area contributed by atoms with Gasteiger partial charge in [0.05, 0.1) is 16.8 Å². The molecule has 0 N–H and O–H groups in total. The first-order chi connectivity index (χ1) is 9.95. The van der Waals surface area contributed by atoms with Crippen LogP contribution in [0.1, 0.15) is 10.6 Å². The highest BCUT2D eigenvalue weighted by atomic mass is 32.1. The third-order valence-corrected chi connectivity index (χ3v) is 3.99. The van der Waals surface area contributed by atoms with Gasteiger partial charge in [-0.3, -0.25) is 4.79 Å². The Morgan fingerprint density at radius 3 is 2.62 bits per heavy atom. The van der Waals surface area contributed by atoms with E-state index in [4.69, 9.17) is 0 Å². The molecule has 0 bridgehead atoms. The molecular formula is C14H9F3N2OS. The summed E-state index contributed by atoms with van der Waals surface area (Å²) in [4.78, 5) is 16.2. The van der Waals surface area contributed by atoms with Gasteiger partial charge in [-0.05, 0) is 24.3 Å². The summed E-state index contributed by atoms with van der Waals surface area (Å²) < 4.78 is 40.1. The molecule has 21 heavy (non-hydrogen) atoms. The highest BCUT2D eigenvalue weighted by molar-refractivity contribution is 7.18. The van der Waals surface area contributed by atoms with Crippen LogP contribution in [0.2, 0.25) is 0 Å². The molecule has 2 aromatic heterocycles. The van der Waals surface area contributed by atoms with Crippen LogP contribution >= 0.6 is 11.3 Å². The molecule has 7 heteroatoms. The Morgan fingerprint density at radius 2 is 1.90 bits per heavy atom. The maximum Gasteiger partial charge on any atom is 0.421 e. The second-order valence-corrected chi connectivity index (χ2v) is 5.54. The molecule has 0 radical (unpaired) electrons. The maximum atomic E-state index is 12.7. The lowest BCUT2D eigenvalue weighted by Crippen LogP contribution is -2.28. The first-order valence-corrected chi connectivity index (χ1v) is 6.88. The number of alkyl halides is 3. The number of benzene rings is 1. The summed E-state index contributed by atoms with van der Waals surface area (Å²) >= 11 is 1.36. The van der Waals surface area contributed by atoms with Crippen molar-refractivity contribution >= 4 is 21.6 Å². The molecule has 0 unspecified atom stereocenters. The minimum Gasteiger partial charge on any atom is -0.308 e. The lowest BCUT2D eigenvalue weighted by Gasteiger charge is -2.08. The number of para-hydroxylation sites is 1. The lowest BCUT2D eigenvalue weighted by molar-refractivity contribution is -0.138. The largest absolute Gasteiger partial charge is 0.421 e. The van der Waals surface area contributed by atoms with Gasteiger partial charge >= 0.3 is 6.18 Å². The molecule has 0 saturated carbocycles. The van der Waals surface area contributed by atoms with Gasteiger partial charge in [0, 0.05) is 6.20 Å².